The van der Waals surface area contributed by atoms with Gasteiger partial charge in [-0.15, -0.1) is 6.42 Å². The van der Waals surface area contributed by atoms with Crippen molar-refractivity contribution in [1.29, 1.82) is 0 Å². The number of nitrogens with one attached hydrogen (secondary N) is 2. The molecule has 0 aliphatic heterocycles. The maximum atomic E-state index is 11.7. The average Bonchev–Trinajstić information content (AvgIpc) is 2.21. The topological polar surface area (TPSA) is 79.0 Å². The first-order chi connectivity index (χ1) is 7.36. The van der Waals surface area contributed by atoms with Gasteiger partial charge in [0.15, 0.2) is 0 Å². The lowest BCUT2D eigenvalue weighted by atomic mass is 10.4. The molecule has 0 aliphatic rings. The zero-order valence-electron chi connectivity index (χ0n) is 8.32. The van der Waals surface area contributed by atoms with Crippen LogP contribution in [0.25, 0.3) is 0 Å². The summed E-state index contributed by atoms with van der Waals surface area (Å²) in [5.74, 6) is 2.22. The van der Waals surface area contributed by atoms with Gasteiger partial charge in [0, 0.05) is 6.20 Å². The van der Waals surface area contributed by atoms with Crippen LogP contribution in [0.3, 0.4) is 0 Å². The lowest BCUT2D eigenvalue weighted by Crippen LogP contribution is -2.31. The van der Waals surface area contributed by atoms with Crippen LogP contribution >= 0.6 is 11.6 Å². The quantitative estimate of drug-likeness (QED) is 0.769. The van der Waals surface area contributed by atoms with Crippen molar-refractivity contribution in [2.75, 3.05) is 0 Å². The fourth-order valence-corrected chi connectivity index (χ4v) is 2.32. The number of halogens is 1. The van der Waals surface area contributed by atoms with Gasteiger partial charge in [0.2, 0.25) is 10.0 Å². The first-order valence-electron chi connectivity index (χ1n) is 4.23. The van der Waals surface area contributed by atoms with Crippen molar-refractivity contribution in [1.82, 2.24) is 9.71 Å². The van der Waals surface area contributed by atoms with E-state index in [4.69, 9.17) is 18.0 Å². The fourth-order valence-electron chi connectivity index (χ4n) is 0.928. The summed E-state index contributed by atoms with van der Waals surface area (Å²) >= 11 is 5.51. The summed E-state index contributed by atoms with van der Waals surface area (Å²) in [6.07, 6.45) is 6.11. The van der Waals surface area contributed by atoms with Crippen LogP contribution in [0.5, 0.6) is 0 Å². The molecule has 0 fully saturated rings. The summed E-state index contributed by atoms with van der Waals surface area (Å²) in [5, 5.41) is -0.198. The molecule has 0 saturated carbocycles. The number of terminal acetylenes is 1. The third-order valence-electron chi connectivity index (χ3n) is 1.72. The van der Waals surface area contributed by atoms with Crippen molar-refractivity contribution in [2.24, 2.45) is 0 Å². The minimum Gasteiger partial charge on any atom is -0.326 e. The molecule has 86 valence electrons. The molecule has 1 unspecified atom stereocenters. The first kappa shape index (κ1) is 12.8. The summed E-state index contributed by atoms with van der Waals surface area (Å²) in [4.78, 5) is 13.0. The molecule has 0 bridgehead atoms. The molecule has 0 saturated heterocycles. The lowest BCUT2D eigenvalue weighted by molar-refractivity contribution is 0.577. The Labute approximate surface area is 97.9 Å². The summed E-state index contributed by atoms with van der Waals surface area (Å²) < 4.78 is 25.6. The fraction of sp³-hybridized carbons (Fsp3) is 0.222. The number of H-pyrrole nitrogens is 1. The van der Waals surface area contributed by atoms with Crippen LogP contribution < -0.4 is 10.3 Å². The van der Waals surface area contributed by atoms with Crippen molar-refractivity contribution in [3.8, 4) is 12.3 Å². The molecule has 2 N–H and O–H groups in total. The second-order valence-corrected chi connectivity index (χ2v) is 5.14. The Hall–Kier alpha value is -1.29. The third kappa shape index (κ3) is 2.85. The molecule has 1 atom stereocenters. The first-order valence-corrected chi connectivity index (χ1v) is 6.09. The number of pyridine rings is 1. The smallest absolute Gasteiger partial charge is 0.266 e. The molecule has 1 heterocycles. The zero-order valence-corrected chi connectivity index (χ0v) is 9.89. The molecular formula is C9H9ClN2O3S. The van der Waals surface area contributed by atoms with Gasteiger partial charge in [-0.05, 0) is 13.0 Å². The second kappa shape index (κ2) is 4.70. The molecule has 0 spiro atoms. The van der Waals surface area contributed by atoms with Crippen LogP contribution in [0.4, 0.5) is 0 Å². The van der Waals surface area contributed by atoms with Gasteiger partial charge in [-0.2, -0.15) is 4.72 Å². The number of sulfonamides is 1. The Morgan fingerprint density at radius 3 is 2.75 bits per heavy atom. The van der Waals surface area contributed by atoms with Crippen molar-refractivity contribution in [2.45, 2.75) is 17.9 Å². The molecule has 16 heavy (non-hydrogen) atoms. The van der Waals surface area contributed by atoms with E-state index in [-0.39, 0.29) is 9.92 Å². The highest BCUT2D eigenvalue weighted by atomic mass is 35.5. The Balaban J connectivity index is 3.14. The van der Waals surface area contributed by atoms with E-state index in [1.54, 1.807) is 0 Å². The Morgan fingerprint density at radius 1 is 1.62 bits per heavy atom. The van der Waals surface area contributed by atoms with Gasteiger partial charge in [-0.1, -0.05) is 17.5 Å². The van der Waals surface area contributed by atoms with Crippen molar-refractivity contribution >= 4 is 21.6 Å². The molecule has 1 aromatic rings. The van der Waals surface area contributed by atoms with Gasteiger partial charge < -0.3 is 4.98 Å². The third-order valence-corrected chi connectivity index (χ3v) is 3.52. The molecule has 7 heteroatoms. The normalized spacial score (nSPS) is 13.1. The Morgan fingerprint density at radius 2 is 2.25 bits per heavy atom. The van der Waals surface area contributed by atoms with Gasteiger partial charge in [0.05, 0.1) is 10.9 Å². The average molecular weight is 261 g/mol. The van der Waals surface area contributed by atoms with Crippen LogP contribution in [0, 0.1) is 12.3 Å². The summed E-state index contributed by atoms with van der Waals surface area (Å²) in [6.45, 7) is 1.52. The van der Waals surface area contributed by atoms with Crippen LogP contribution in [0.2, 0.25) is 5.02 Å². The van der Waals surface area contributed by atoms with E-state index < -0.39 is 21.6 Å². The van der Waals surface area contributed by atoms with Crippen LogP contribution in [-0.4, -0.2) is 19.4 Å². The van der Waals surface area contributed by atoms with Crippen molar-refractivity contribution < 1.29 is 8.42 Å². The standard InChI is InChI=1S/C9H9ClN2O3S/c1-3-6(2)12-16(14,15)7-4-8(10)9(13)11-5-7/h1,4-6,12H,2H3,(H,11,13). The van der Waals surface area contributed by atoms with Gasteiger partial charge in [-0.25, -0.2) is 8.42 Å². The van der Waals surface area contributed by atoms with E-state index in [0.717, 1.165) is 12.3 Å². The molecule has 0 aliphatic carbocycles. The summed E-state index contributed by atoms with van der Waals surface area (Å²) in [6, 6.07) is 0.419. The highest BCUT2D eigenvalue weighted by Gasteiger charge is 2.17. The highest BCUT2D eigenvalue weighted by molar-refractivity contribution is 7.89. The van der Waals surface area contributed by atoms with Gasteiger partial charge in [0.25, 0.3) is 5.56 Å². The van der Waals surface area contributed by atoms with E-state index in [9.17, 15) is 13.2 Å². The van der Waals surface area contributed by atoms with Crippen LogP contribution in [-0.2, 0) is 10.0 Å². The number of hydrogen-bond acceptors (Lipinski definition) is 3. The summed E-state index contributed by atoms with van der Waals surface area (Å²) in [5.41, 5.74) is -0.550. The Bertz CT molecular complexity index is 586. The largest absolute Gasteiger partial charge is 0.326 e. The lowest BCUT2D eigenvalue weighted by Gasteiger charge is -2.08. The molecular weight excluding hydrogens is 252 g/mol. The van der Waals surface area contributed by atoms with Gasteiger partial charge >= 0.3 is 0 Å². The van der Waals surface area contributed by atoms with Crippen LogP contribution in [0.15, 0.2) is 22.0 Å². The SMILES string of the molecule is C#CC(C)NS(=O)(=O)c1c[nH]c(=O)c(Cl)c1. The van der Waals surface area contributed by atoms with Crippen molar-refractivity contribution in [3.63, 3.8) is 0 Å². The number of hydrogen-bond donors (Lipinski definition) is 2. The molecule has 1 aromatic heterocycles. The summed E-state index contributed by atoms with van der Waals surface area (Å²) in [7, 11) is -3.76. The number of aromatic amines is 1. The maximum absolute atomic E-state index is 11.7. The van der Waals surface area contributed by atoms with E-state index in [0.29, 0.717) is 0 Å². The van der Waals surface area contributed by atoms with E-state index in [2.05, 4.69) is 15.6 Å². The second-order valence-electron chi connectivity index (χ2n) is 3.02. The Kier molecular flexibility index (Phi) is 3.75. The molecule has 0 amide bonds. The van der Waals surface area contributed by atoms with E-state index in [1.807, 2.05) is 0 Å². The predicted octanol–water partition coefficient (Wildman–Crippen LogP) is 0.328. The minimum absolute atomic E-state index is 0.140. The highest BCUT2D eigenvalue weighted by Crippen LogP contribution is 2.10. The minimum atomic E-state index is -3.76. The van der Waals surface area contributed by atoms with E-state index in [1.165, 1.54) is 6.92 Å². The van der Waals surface area contributed by atoms with Gasteiger partial charge in [-0.3, -0.25) is 4.79 Å². The molecule has 5 nitrogen and oxygen atoms in total. The van der Waals surface area contributed by atoms with E-state index >= 15 is 0 Å². The van der Waals surface area contributed by atoms with Crippen molar-refractivity contribution in [3.05, 3.63) is 27.6 Å². The zero-order chi connectivity index (χ0) is 12.3. The molecule has 0 radical (unpaired) electrons. The molecule has 1 rings (SSSR count). The predicted molar refractivity (Wildman–Crippen MR) is 60.7 cm³/mol. The monoisotopic (exact) mass is 260 g/mol. The maximum Gasteiger partial charge on any atom is 0.266 e. The number of rotatable bonds is 3. The number of aromatic nitrogens is 1. The van der Waals surface area contributed by atoms with Crippen LogP contribution in [0.1, 0.15) is 6.92 Å². The van der Waals surface area contributed by atoms with Gasteiger partial charge in [0.1, 0.15) is 5.02 Å². The molecule has 0 aromatic carbocycles.